The Morgan fingerprint density at radius 3 is 2.18 bits per heavy atom. The van der Waals surface area contributed by atoms with Gasteiger partial charge in [-0.2, -0.15) is 0 Å². The lowest BCUT2D eigenvalue weighted by atomic mass is 9.53. The molecular formula is C26H30N2O4S. The molecule has 1 amide bonds. The maximum Gasteiger partial charge on any atom is 0.262 e. The predicted molar refractivity (Wildman–Crippen MR) is 128 cm³/mol. The third kappa shape index (κ3) is 4.64. The summed E-state index contributed by atoms with van der Waals surface area (Å²) < 4.78 is 33.3. The topological polar surface area (TPSA) is 84.5 Å². The monoisotopic (exact) mass is 466 g/mol. The molecule has 0 spiro atoms. The maximum atomic E-state index is 12.8. The van der Waals surface area contributed by atoms with E-state index in [2.05, 4.69) is 10.0 Å². The average Bonchev–Trinajstić information content (AvgIpc) is 2.77. The molecule has 4 aliphatic rings. The first kappa shape index (κ1) is 22.0. The normalized spacial score (nSPS) is 28.1. The van der Waals surface area contributed by atoms with E-state index in [1.165, 1.54) is 38.5 Å². The van der Waals surface area contributed by atoms with Crippen LogP contribution < -0.4 is 14.8 Å². The molecule has 4 fully saturated rings. The molecule has 2 N–H and O–H groups in total. The van der Waals surface area contributed by atoms with Crippen LogP contribution in [0, 0.1) is 17.8 Å². The van der Waals surface area contributed by atoms with Gasteiger partial charge in [-0.1, -0.05) is 24.3 Å². The Labute approximate surface area is 195 Å². The predicted octanol–water partition coefficient (Wildman–Crippen LogP) is 4.59. The molecule has 0 saturated heterocycles. The van der Waals surface area contributed by atoms with E-state index in [9.17, 15) is 13.2 Å². The fraction of sp³-hybridized carbons (Fsp3) is 0.423. The van der Waals surface area contributed by atoms with Crippen LogP contribution >= 0.6 is 0 Å². The Morgan fingerprint density at radius 2 is 1.58 bits per heavy atom. The zero-order chi connectivity index (χ0) is 23.1. The summed E-state index contributed by atoms with van der Waals surface area (Å²) in [5.41, 5.74) is 1.13. The van der Waals surface area contributed by atoms with Crippen molar-refractivity contribution >= 4 is 27.7 Å². The van der Waals surface area contributed by atoms with E-state index in [4.69, 9.17) is 4.74 Å². The number of methoxy groups -OCH3 is 1. The van der Waals surface area contributed by atoms with Crippen molar-refractivity contribution in [3.63, 3.8) is 0 Å². The van der Waals surface area contributed by atoms with Crippen molar-refractivity contribution in [3.05, 3.63) is 60.2 Å². The van der Waals surface area contributed by atoms with Gasteiger partial charge in [0.25, 0.3) is 10.0 Å². The lowest BCUT2D eigenvalue weighted by Crippen LogP contribution is -2.59. The highest BCUT2D eigenvalue weighted by molar-refractivity contribution is 7.92. The number of sulfonamides is 1. The number of nitrogens with one attached hydrogen (secondary N) is 2. The Hall–Kier alpha value is -2.80. The lowest BCUT2D eigenvalue weighted by Gasteiger charge is -2.56. The van der Waals surface area contributed by atoms with Gasteiger partial charge in [-0.05, 0) is 92.2 Å². The number of rotatable bonds is 7. The third-order valence-electron chi connectivity index (χ3n) is 7.40. The molecule has 7 heteroatoms. The number of carbonyl (C=O) groups excluding carboxylic acids is 1. The molecule has 2 aromatic carbocycles. The molecule has 0 atom stereocenters. The van der Waals surface area contributed by atoms with Crippen molar-refractivity contribution in [2.75, 3.05) is 11.8 Å². The van der Waals surface area contributed by atoms with E-state index < -0.39 is 10.0 Å². The molecule has 4 saturated carbocycles. The van der Waals surface area contributed by atoms with Crippen LogP contribution in [-0.2, 0) is 14.8 Å². The Balaban J connectivity index is 1.23. The van der Waals surface area contributed by atoms with Gasteiger partial charge in [0.2, 0.25) is 5.91 Å². The van der Waals surface area contributed by atoms with E-state index in [1.54, 1.807) is 48.6 Å². The highest BCUT2D eigenvalue weighted by Gasteiger charge is 2.51. The summed E-state index contributed by atoms with van der Waals surface area (Å²) in [6, 6.07) is 13.3. The van der Waals surface area contributed by atoms with Crippen molar-refractivity contribution in [1.82, 2.24) is 5.32 Å². The molecule has 0 heterocycles. The van der Waals surface area contributed by atoms with Gasteiger partial charge in [-0.3, -0.25) is 9.52 Å². The van der Waals surface area contributed by atoms with Crippen LogP contribution in [0.1, 0.15) is 44.1 Å². The van der Waals surface area contributed by atoms with Crippen LogP contribution in [-0.4, -0.2) is 27.0 Å². The van der Waals surface area contributed by atoms with E-state index in [0.29, 0.717) is 11.4 Å². The summed E-state index contributed by atoms with van der Waals surface area (Å²) in [5.74, 6) is 2.72. The maximum absolute atomic E-state index is 12.8. The van der Waals surface area contributed by atoms with E-state index >= 15 is 0 Å². The van der Waals surface area contributed by atoms with Gasteiger partial charge < -0.3 is 10.1 Å². The molecule has 0 aromatic heterocycles. The second kappa shape index (κ2) is 8.52. The SMILES string of the molecule is COc1ccccc1NS(=O)(=O)c1ccc(C=CC(=O)NC23CC4CC(CC(C4)C2)C3)cc1. The summed E-state index contributed by atoms with van der Waals surface area (Å²) in [6.45, 7) is 0. The number of carbonyl (C=O) groups is 1. The molecule has 174 valence electrons. The van der Waals surface area contributed by atoms with Gasteiger partial charge in [-0.25, -0.2) is 8.42 Å². The first-order valence-corrected chi connectivity index (χ1v) is 13.1. The zero-order valence-electron chi connectivity index (χ0n) is 18.8. The quantitative estimate of drug-likeness (QED) is 0.585. The van der Waals surface area contributed by atoms with Crippen molar-refractivity contribution in [2.24, 2.45) is 17.8 Å². The van der Waals surface area contributed by atoms with Crippen LogP contribution in [0.4, 0.5) is 5.69 Å². The number of amides is 1. The molecule has 6 nitrogen and oxygen atoms in total. The average molecular weight is 467 g/mol. The minimum atomic E-state index is -3.76. The molecule has 0 radical (unpaired) electrons. The number of benzene rings is 2. The summed E-state index contributed by atoms with van der Waals surface area (Å²) in [7, 11) is -2.26. The van der Waals surface area contributed by atoms with Crippen molar-refractivity contribution in [3.8, 4) is 5.75 Å². The molecule has 33 heavy (non-hydrogen) atoms. The van der Waals surface area contributed by atoms with E-state index in [-0.39, 0.29) is 16.3 Å². The number of anilines is 1. The second-order valence-corrected chi connectivity index (χ2v) is 11.6. The molecule has 4 aliphatic carbocycles. The number of hydrogen-bond donors (Lipinski definition) is 2. The smallest absolute Gasteiger partial charge is 0.262 e. The highest BCUT2D eigenvalue weighted by atomic mass is 32.2. The Bertz CT molecular complexity index is 1140. The van der Waals surface area contributed by atoms with Gasteiger partial charge in [0.05, 0.1) is 17.7 Å². The van der Waals surface area contributed by atoms with Crippen LogP contribution in [0.15, 0.2) is 59.5 Å². The van der Waals surface area contributed by atoms with Gasteiger partial charge in [0.15, 0.2) is 0 Å². The van der Waals surface area contributed by atoms with Gasteiger partial charge in [-0.15, -0.1) is 0 Å². The lowest BCUT2D eigenvalue weighted by molar-refractivity contribution is -0.122. The fourth-order valence-corrected chi connectivity index (χ4v) is 7.50. The van der Waals surface area contributed by atoms with Crippen molar-refractivity contribution in [2.45, 2.75) is 49.0 Å². The molecule has 6 rings (SSSR count). The van der Waals surface area contributed by atoms with Gasteiger partial charge in [0.1, 0.15) is 5.75 Å². The Morgan fingerprint density at radius 1 is 0.970 bits per heavy atom. The Kier molecular flexibility index (Phi) is 5.69. The molecule has 4 bridgehead atoms. The first-order chi connectivity index (χ1) is 15.8. The summed E-state index contributed by atoms with van der Waals surface area (Å²) in [4.78, 5) is 12.8. The second-order valence-electron chi connectivity index (χ2n) is 9.90. The zero-order valence-corrected chi connectivity index (χ0v) is 19.6. The molecule has 2 aromatic rings. The number of ether oxygens (including phenoxy) is 1. The largest absolute Gasteiger partial charge is 0.495 e. The third-order valence-corrected chi connectivity index (χ3v) is 8.78. The van der Waals surface area contributed by atoms with Crippen LogP contribution in [0.3, 0.4) is 0 Å². The van der Waals surface area contributed by atoms with Gasteiger partial charge >= 0.3 is 0 Å². The minimum Gasteiger partial charge on any atom is -0.495 e. The van der Waals surface area contributed by atoms with Gasteiger partial charge in [0, 0.05) is 11.6 Å². The summed E-state index contributed by atoms with van der Waals surface area (Å²) >= 11 is 0. The minimum absolute atomic E-state index is 0.0156. The summed E-state index contributed by atoms with van der Waals surface area (Å²) in [6.07, 6.45) is 10.7. The molecule has 0 unspecified atom stereocenters. The molecular weight excluding hydrogens is 436 g/mol. The molecule has 0 aliphatic heterocycles. The van der Waals surface area contributed by atoms with Crippen LogP contribution in [0.2, 0.25) is 0 Å². The van der Waals surface area contributed by atoms with E-state index in [1.807, 2.05) is 0 Å². The summed E-state index contributed by atoms with van der Waals surface area (Å²) in [5, 5.41) is 3.33. The first-order valence-electron chi connectivity index (χ1n) is 11.6. The number of hydrogen-bond acceptors (Lipinski definition) is 4. The number of para-hydroxylation sites is 2. The van der Waals surface area contributed by atoms with E-state index in [0.717, 1.165) is 42.6 Å². The standard InChI is InChI=1S/C26H30N2O4S/c1-32-24-5-3-2-4-23(24)28-33(30,31)22-9-6-18(7-10-22)8-11-25(29)27-26-15-19-12-20(16-26)14-21(13-19)17-26/h2-11,19-21,28H,12-17H2,1H3,(H,27,29). The van der Waals surface area contributed by atoms with Crippen LogP contribution in [0.5, 0.6) is 5.75 Å². The highest BCUT2D eigenvalue weighted by Crippen LogP contribution is 2.55. The fourth-order valence-electron chi connectivity index (χ4n) is 6.43. The van der Waals surface area contributed by atoms with Crippen LogP contribution in [0.25, 0.3) is 6.08 Å². The van der Waals surface area contributed by atoms with Crippen molar-refractivity contribution < 1.29 is 17.9 Å². The van der Waals surface area contributed by atoms with Crippen molar-refractivity contribution in [1.29, 1.82) is 0 Å².